The summed E-state index contributed by atoms with van der Waals surface area (Å²) in [6.07, 6.45) is 2.68. The molecule has 0 fully saturated rings. The second-order valence-electron chi connectivity index (χ2n) is 4.32. The van der Waals surface area contributed by atoms with Gasteiger partial charge in [0.05, 0.1) is 11.3 Å². The minimum Gasteiger partial charge on any atom is -0.310 e. The van der Waals surface area contributed by atoms with Crippen LogP contribution in [0, 0.1) is 0 Å². The number of amides is 1. The molecule has 0 unspecified atom stereocenters. The van der Waals surface area contributed by atoms with E-state index in [1.807, 2.05) is 0 Å². The highest BCUT2D eigenvalue weighted by atomic mass is 32.2. The van der Waals surface area contributed by atoms with Crippen LogP contribution >= 0.6 is 0 Å². The largest absolute Gasteiger partial charge is 0.310 e. The summed E-state index contributed by atoms with van der Waals surface area (Å²) in [6.45, 7) is 0. The van der Waals surface area contributed by atoms with Gasteiger partial charge in [-0.3, -0.25) is 4.79 Å². The van der Waals surface area contributed by atoms with Crippen molar-refractivity contribution in [3.05, 3.63) is 54.2 Å². The van der Waals surface area contributed by atoms with Crippen molar-refractivity contribution >= 4 is 21.6 Å². The molecule has 0 saturated heterocycles. The molecule has 2 rings (SSSR count). The number of sulfone groups is 1. The highest BCUT2D eigenvalue weighted by molar-refractivity contribution is 7.90. The van der Waals surface area contributed by atoms with E-state index in [1.165, 1.54) is 6.07 Å². The predicted molar refractivity (Wildman–Crippen MR) is 76.1 cm³/mol. The Morgan fingerprint density at radius 2 is 1.85 bits per heavy atom. The van der Waals surface area contributed by atoms with E-state index in [0.717, 1.165) is 6.26 Å². The number of hydrogen-bond donors (Lipinski definition) is 1. The van der Waals surface area contributed by atoms with Crippen molar-refractivity contribution in [3.63, 3.8) is 0 Å². The number of pyridine rings is 1. The lowest BCUT2D eigenvalue weighted by Crippen LogP contribution is -2.16. The first kappa shape index (κ1) is 14.2. The molecule has 0 saturated carbocycles. The van der Waals surface area contributed by atoms with E-state index < -0.39 is 9.84 Å². The lowest BCUT2D eigenvalue weighted by Gasteiger charge is -2.08. The van der Waals surface area contributed by atoms with E-state index in [2.05, 4.69) is 10.3 Å². The molecule has 1 amide bonds. The third-order valence-electron chi connectivity index (χ3n) is 2.66. The van der Waals surface area contributed by atoms with E-state index in [-0.39, 0.29) is 17.2 Å². The second kappa shape index (κ2) is 5.83. The molecule has 2 aromatic rings. The van der Waals surface area contributed by atoms with Crippen molar-refractivity contribution in [3.8, 4) is 0 Å². The fourth-order valence-corrected chi connectivity index (χ4v) is 2.75. The van der Waals surface area contributed by atoms with Crippen LogP contribution in [0.1, 0.15) is 5.56 Å². The van der Waals surface area contributed by atoms with E-state index in [9.17, 15) is 13.2 Å². The maximum absolute atomic E-state index is 11.9. The molecule has 0 aliphatic heterocycles. The summed E-state index contributed by atoms with van der Waals surface area (Å²) in [7, 11) is -3.35. The number of anilines is 1. The Hall–Kier alpha value is -2.21. The highest BCUT2D eigenvalue weighted by Crippen LogP contribution is 2.16. The van der Waals surface area contributed by atoms with Gasteiger partial charge >= 0.3 is 0 Å². The number of rotatable bonds is 4. The Balaban J connectivity index is 2.17. The van der Waals surface area contributed by atoms with Crippen LogP contribution in [0.15, 0.2) is 53.6 Å². The van der Waals surface area contributed by atoms with E-state index in [4.69, 9.17) is 0 Å². The predicted octanol–water partition coefficient (Wildman–Crippen LogP) is 1.67. The average Bonchev–Trinajstić information content (AvgIpc) is 2.39. The van der Waals surface area contributed by atoms with E-state index in [1.54, 1.807) is 42.6 Å². The summed E-state index contributed by atoms with van der Waals surface area (Å²) >= 11 is 0. The fourth-order valence-electron chi connectivity index (χ4n) is 1.81. The topological polar surface area (TPSA) is 76.1 Å². The Morgan fingerprint density at radius 3 is 2.50 bits per heavy atom. The number of carbonyl (C=O) groups is 1. The first-order chi connectivity index (χ1) is 9.47. The second-order valence-corrected chi connectivity index (χ2v) is 6.30. The summed E-state index contributed by atoms with van der Waals surface area (Å²) in [4.78, 5) is 16.1. The molecule has 0 spiro atoms. The molecular formula is C14H14N2O3S. The number of nitrogens with zero attached hydrogens (tertiary/aromatic N) is 1. The first-order valence-electron chi connectivity index (χ1n) is 5.95. The van der Waals surface area contributed by atoms with Crippen LogP contribution < -0.4 is 5.32 Å². The van der Waals surface area contributed by atoms with Crippen LogP contribution in [-0.4, -0.2) is 25.6 Å². The third-order valence-corrected chi connectivity index (χ3v) is 3.85. The average molecular weight is 290 g/mol. The smallest absolute Gasteiger partial charge is 0.229 e. The molecule has 6 heteroatoms. The molecule has 20 heavy (non-hydrogen) atoms. The van der Waals surface area contributed by atoms with Crippen molar-refractivity contribution in [2.45, 2.75) is 11.3 Å². The lowest BCUT2D eigenvalue weighted by molar-refractivity contribution is -0.115. The molecule has 0 aliphatic carbocycles. The van der Waals surface area contributed by atoms with E-state index >= 15 is 0 Å². The van der Waals surface area contributed by atoms with Crippen LogP contribution in [0.4, 0.5) is 5.82 Å². The fraction of sp³-hybridized carbons (Fsp3) is 0.143. The van der Waals surface area contributed by atoms with Crippen molar-refractivity contribution < 1.29 is 13.2 Å². The summed E-state index contributed by atoms with van der Waals surface area (Å²) in [5, 5.41) is 2.62. The zero-order valence-electron chi connectivity index (χ0n) is 10.9. The van der Waals surface area contributed by atoms with Gasteiger partial charge in [-0.05, 0) is 23.8 Å². The van der Waals surface area contributed by atoms with Crippen molar-refractivity contribution in [1.29, 1.82) is 0 Å². The summed E-state index contributed by atoms with van der Waals surface area (Å²) in [5.41, 5.74) is 0.475. The molecule has 0 atom stereocenters. The number of benzene rings is 1. The Bertz CT molecular complexity index is 712. The van der Waals surface area contributed by atoms with Crippen molar-refractivity contribution in [2.24, 2.45) is 0 Å². The molecule has 1 aromatic heterocycles. The van der Waals surface area contributed by atoms with Gasteiger partial charge in [0, 0.05) is 12.5 Å². The molecule has 1 heterocycles. The number of nitrogens with one attached hydrogen (secondary N) is 1. The maximum atomic E-state index is 11.9. The SMILES string of the molecule is CS(=O)(=O)c1ccccc1CC(=O)Nc1ccccn1. The molecule has 1 N–H and O–H groups in total. The zero-order chi connectivity index (χ0) is 14.6. The number of hydrogen-bond acceptors (Lipinski definition) is 4. The van der Waals surface area contributed by atoms with Crippen molar-refractivity contribution in [2.75, 3.05) is 11.6 Å². The van der Waals surface area contributed by atoms with Gasteiger partial charge in [0.15, 0.2) is 9.84 Å². The lowest BCUT2D eigenvalue weighted by atomic mass is 10.1. The van der Waals surface area contributed by atoms with Gasteiger partial charge in [-0.25, -0.2) is 13.4 Å². The Labute approximate surface area is 117 Å². The van der Waals surface area contributed by atoms with Crippen LogP contribution in [0.3, 0.4) is 0 Å². The maximum Gasteiger partial charge on any atom is 0.229 e. The van der Waals surface area contributed by atoms with Crippen LogP contribution in [0.5, 0.6) is 0 Å². The van der Waals surface area contributed by atoms with Crippen molar-refractivity contribution in [1.82, 2.24) is 4.98 Å². The highest BCUT2D eigenvalue weighted by Gasteiger charge is 2.15. The summed E-state index contributed by atoms with van der Waals surface area (Å²) < 4.78 is 23.3. The molecule has 0 radical (unpaired) electrons. The number of carbonyl (C=O) groups excluding carboxylic acids is 1. The molecular weight excluding hydrogens is 276 g/mol. The van der Waals surface area contributed by atoms with E-state index in [0.29, 0.717) is 11.4 Å². The molecule has 1 aromatic carbocycles. The minimum absolute atomic E-state index is 0.0141. The molecule has 0 aliphatic rings. The minimum atomic E-state index is -3.35. The van der Waals surface area contributed by atoms with Gasteiger partial charge in [0.1, 0.15) is 5.82 Å². The van der Waals surface area contributed by atoms with Gasteiger partial charge in [0.25, 0.3) is 0 Å². The normalized spacial score (nSPS) is 11.1. The summed E-state index contributed by atoms with van der Waals surface area (Å²) in [5.74, 6) is 0.133. The van der Waals surface area contributed by atoms with Crippen LogP contribution in [-0.2, 0) is 21.1 Å². The zero-order valence-corrected chi connectivity index (χ0v) is 11.7. The molecule has 104 valence electrons. The first-order valence-corrected chi connectivity index (χ1v) is 7.85. The van der Waals surface area contributed by atoms with Crippen LogP contribution in [0.25, 0.3) is 0 Å². The van der Waals surface area contributed by atoms with Gasteiger partial charge in [-0.15, -0.1) is 0 Å². The Kier molecular flexibility index (Phi) is 4.14. The van der Waals surface area contributed by atoms with Crippen LogP contribution in [0.2, 0.25) is 0 Å². The van der Waals surface area contributed by atoms with Gasteiger partial charge in [0.2, 0.25) is 5.91 Å². The monoisotopic (exact) mass is 290 g/mol. The Morgan fingerprint density at radius 1 is 1.15 bits per heavy atom. The third kappa shape index (κ3) is 3.64. The quantitative estimate of drug-likeness (QED) is 0.929. The molecule has 5 nitrogen and oxygen atoms in total. The van der Waals surface area contributed by atoms with Gasteiger partial charge in [-0.2, -0.15) is 0 Å². The van der Waals surface area contributed by atoms with Gasteiger partial charge < -0.3 is 5.32 Å². The molecule has 0 bridgehead atoms. The number of aromatic nitrogens is 1. The summed E-state index contributed by atoms with van der Waals surface area (Å²) in [6, 6.07) is 11.6. The van der Waals surface area contributed by atoms with Gasteiger partial charge in [-0.1, -0.05) is 24.3 Å². The standard InChI is InChI=1S/C14H14N2O3S/c1-20(18,19)12-7-3-2-6-11(12)10-14(17)16-13-8-4-5-9-15-13/h2-9H,10H2,1H3,(H,15,16,17).